The molecule has 0 aliphatic carbocycles. The number of nitrogens with zero attached hydrogens (tertiary/aromatic N) is 1. The third-order valence-electron chi connectivity index (χ3n) is 1.19. The number of hydroxylamine groups is 2. The summed E-state index contributed by atoms with van der Waals surface area (Å²) in [5.41, 5.74) is 0. The van der Waals surface area contributed by atoms with E-state index in [1.165, 1.54) is 5.06 Å². The van der Waals surface area contributed by atoms with Crippen molar-refractivity contribution in [1.82, 2.24) is 5.06 Å². The largest absolute Gasteiger partial charge is 0.379 e. The Labute approximate surface area is 54.5 Å². The molecule has 52 valence electrons. The lowest BCUT2D eigenvalue weighted by Crippen LogP contribution is -2.24. The first-order valence-electron chi connectivity index (χ1n) is 3.07. The molecule has 3 heteroatoms. The Bertz CT molecular complexity index is 103. The van der Waals surface area contributed by atoms with Crippen LogP contribution in [0.3, 0.4) is 0 Å². The van der Waals surface area contributed by atoms with Crippen LogP contribution in [-0.2, 0) is 4.84 Å². The normalized spacial score (nSPS) is 21.9. The minimum Gasteiger partial charge on any atom is -0.379 e. The molecule has 0 fully saturated rings. The second-order valence-corrected chi connectivity index (χ2v) is 1.90. The van der Waals surface area contributed by atoms with Crippen molar-refractivity contribution < 1.29 is 9.94 Å². The van der Waals surface area contributed by atoms with Crippen molar-refractivity contribution in [3.63, 3.8) is 0 Å². The van der Waals surface area contributed by atoms with Gasteiger partial charge in [0.15, 0.2) is 0 Å². The number of hydrogen-bond acceptors (Lipinski definition) is 3. The van der Waals surface area contributed by atoms with Gasteiger partial charge >= 0.3 is 0 Å². The Morgan fingerprint density at radius 2 is 2.44 bits per heavy atom. The van der Waals surface area contributed by atoms with Crippen LogP contribution in [0.5, 0.6) is 0 Å². The van der Waals surface area contributed by atoms with Crippen LogP contribution >= 0.6 is 0 Å². The Morgan fingerprint density at radius 3 is 3.22 bits per heavy atom. The minimum absolute atomic E-state index is 0.0235. The van der Waals surface area contributed by atoms with Crippen LogP contribution in [0.2, 0.25) is 0 Å². The van der Waals surface area contributed by atoms with Crippen LogP contribution in [0.15, 0.2) is 12.2 Å². The number of aliphatic hydroxyl groups is 1. The predicted molar refractivity (Wildman–Crippen MR) is 33.5 cm³/mol. The number of rotatable bonds is 1. The SMILES string of the molecule is OCN1CC=CCCO1. The van der Waals surface area contributed by atoms with Crippen LogP contribution in [0, 0.1) is 0 Å². The molecule has 1 aliphatic rings. The molecule has 1 aliphatic heterocycles. The zero-order chi connectivity index (χ0) is 6.53. The fraction of sp³-hybridized carbons (Fsp3) is 0.667. The van der Waals surface area contributed by atoms with E-state index in [1.54, 1.807) is 0 Å². The first-order valence-corrected chi connectivity index (χ1v) is 3.07. The smallest absolute Gasteiger partial charge is 0.119 e. The molecule has 9 heavy (non-hydrogen) atoms. The topological polar surface area (TPSA) is 32.7 Å². The summed E-state index contributed by atoms with van der Waals surface area (Å²) in [4.78, 5) is 5.07. The predicted octanol–water partition coefficient (Wildman–Crippen LogP) is 0.130. The van der Waals surface area contributed by atoms with E-state index in [9.17, 15) is 0 Å². The highest BCUT2D eigenvalue weighted by atomic mass is 16.7. The van der Waals surface area contributed by atoms with Crippen LogP contribution < -0.4 is 0 Å². The van der Waals surface area contributed by atoms with Gasteiger partial charge in [0.05, 0.1) is 6.61 Å². The zero-order valence-corrected chi connectivity index (χ0v) is 5.29. The summed E-state index contributed by atoms with van der Waals surface area (Å²) in [7, 11) is 0. The van der Waals surface area contributed by atoms with Crippen molar-refractivity contribution in [3.05, 3.63) is 12.2 Å². The molecule has 0 amide bonds. The van der Waals surface area contributed by atoms with E-state index >= 15 is 0 Å². The average Bonchev–Trinajstić information content (AvgIpc) is 2.13. The van der Waals surface area contributed by atoms with Crippen LogP contribution in [-0.4, -0.2) is 30.1 Å². The summed E-state index contributed by atoms with van der Waals surface area (Å²) in [5.74, 6) is 0. The van der Waals surface area contributed by atoms with Gasteiger partial charge in [-0.1, -0.05) is 12.2 Å². The van der Waals surface area contributed by atoms with Crippen LogP contribution in [0.25, 0.3) is 0 Å². The Balaban J connectivity index is 2.29. The Kier molecular flexibility index (Phi) is 2.70. The Hall–Kier alpha value is -0.380. The molecule has 0 radical (unpaired) electrons. The van der Waals surface area contributed by atoms with E-state index in [0.717, 1.165) is 6.42 Å². The molecule has 0 bridgehead atoms. The number of hydrogen-bond donors (Lipinski definition) is 1. The van der Waals surface area contributed by atoms with E-state index < -0.39 is 0 Å². The molecular weight excluding hydrogens is 118 g/mol. The molecule has 1 heterocycles. The summed E-state index contributed by atoms with van der Waals surface area (Å²) < 4.78 is 0. The van der Waals surface area contributed by atoms with Gasteiger partial charge in [-0.25, -0.2) is 0 Å². The summed E-state index contributed by atoms with van der Waals surface area (Å²) in [6.45, 7) is 1.35. The number of aliphatic hydroxyl groups excluding tert-OH is 1. The van der Waals surface area contributed by atoms with Crippen molar-refractivity contribution in [2.45, 2.75) is 6.42 Å². The van der Waals surface area contributed by atoms with Gasteiger partial charge in [0.1, 0.15) is 6.73 Å². The lowest BCUT2D eigenvalue weighted by Gasteiger charge is -2.13. The highest BCUT2D eigenvalue weighted by Crippen LogP contribution is 1.97. The van der Waals surface area contributed by atoms with E-state index in [4.69, 9.17) is 9.94 Å². The maximum absolute atomic E-state index is 8.58. The van der Waals surface area contributed by atoms with E-state index in [-0.39, 0.29) is 6.73 Å². The molecule has 0 aromatic carbocycles. The van der Waals surface area contributed by atoms with Gasteiger partial charge in [0, 0.05) is 6.54 Å². The molecule has 1 N–H and O–H groups in total. The molecule has 3 nitrogen and oxygen atoms in total. The minimum atomic E-state index is -0.0235. The van der Waals surface area contributed by atoms with Gasteiger partial charge < -0.3 is 5.11 Å². The van der Waals surface area contributed by atoms with Crippen molar-refractivity contribution in [2.75, 3.05) is 19.9 Å². The molecule has 0 aromatic rings. The molecule has 0 saturated carbocycles. The summed E-state index contributed by atoms with van der Waals surface area (Å²) >= 11 is 0. The molecule has 0 unspecified atom stereocenters. The zero-order valence-electron chi connectivity index (χ0n) is 5.29. The lowest BCUT2D eigenvalue weighted by atomic mass is 10.4. The first kappa shape index (κ1) is 6.74. The maximum Gasteiger partial charge on any atom is 0.119 e. The van der Waals surface area contributed by atoms with Gasteiger partial charge in [-0.15, -0.1) is 0 Å². The fourth-order valence-electron chi connectivity index (χ4n) is 0.711. The van der Waals surface area contributed by atoms with Crippen molar-refractivity contribution in [3.8, 4) is 0 Å². The average molecular weight is 129 g/mol. The van der Waals surface area contributed by atoms with Crippen LogP contribution in [0.4, 0.5) is 0 Å². The standard InChI is InChI=1S/C6H11NO2/c8-6-7-4-2-1-3-5-9-7/h1-2,8H,3-6H2. The quantitative estimate of drug-likeness (QED) is 0.511. The highest BCUT2D eigenvalue weighted by Gasteiger charge is 2.01. The van der Waals surface area contributed by atoms with Gasteiger partial charge in [-0.05, 0) is 6.42 Å². The van der Waals surface area contributed by atoms with Crippen molar-refractivity contribution in [2.24, 2.45) is 0 Å². The third kappa shape index (κ3) is 2.13. The molecule has 0 spiro atoms. The lowest BCUT2D eigenvalue weighted by molar-refractivity contribution is -0.185. The molecular formula is C6H11NO2. The fourth-order valence-corrected chi connectivity index (χ4v) is 0.711. The molecule has 0 aromatic heterocycles. The first-order chi connectivity index (χ1) is 4.43. The monoisotopic (exact) mass is 129 g/mol. The summed E-state index contributed by atoms with van der Waals surface area (Å²) in [5, 5.41) is 10.1. The van der Waals surface area contributed by atoms with E-state index in [0.29, 0.717) is 13.2 Å². The van der Waals surface area contributed by atoms with Crippen LogP contribution in [0.1, 0.15) is 6.42 Å². The second-order valence-electron chi connectivity index (χ2n) is 1.90. The molecule has 1 rings (SSSR count). The third-order valence-corrected chi connectivity index (χ3v) is 1.19. The second kappa shape index (κ2) is 3.61. The molecule has 0 atom stereocenters. The van der Waals surface area contributed by atoms with E-state index in [1.807, 2.05) is 6.08 Å². The summed E-state index contributed by atoms with van der Waals surface area (Å²) in [6.07, 6.45) is 4.98. The maximum atomic E-state index is 8.58. The Morgan fingerprint density at radius 1 is 1.56 bits per heavy atom. The summed E-state index contributed by atoms with van der Waals surface area (Å²) in [6, 6.07) is 0. The van der Waals surface area contributed by atoms with E-state index in [2.05, 4.69) is 6.08 Å². The van der Waals surface area contributed by atoms with Gasteiger partial charge in [0.2, 0.25) is 0 Å². The van der Waals surface area contributed by atoms with Gasteiger partial charge in [-0.2, -0.15) is 5.06 Å². The molecule has 0 saturated heterocycles. The van der Waals surface area contributed by atoms with Crippen molar-refractivity contribution >= 4 is 0 Å². The van der Waals surface area contributed by atoms with Gasteiger partial charge in [-0.3, -0.25) is 4.84 Å². The van der Waals surface area contributed by atoms with Gasteiger partial charge in [0.25, 0.3) is 0 Å². The highest BCUT2D eigenvalue weighted by molar-refractivity contribution is 4.84. The van der Waals surface area contributed by atoms with Crippen molar-refractivity contribution in [1.29, 1.82) is 0 Å².